The van der Waals surface area contributed by atoms with Crippen molar-refractivity contribution in [1.29, 1.82) is 0 Å². The van der Waals surface area contributed by atoms with Gasteiger partial charge in [-0.15, -0.1) is 0 Å². The highest BCUT2D eigenvalue weighted by molar-refractivity contribution is 5.91. The maximum Gasteiger partial charge on any atom is 0.207 e. The highest BCUT2D eigenvalue weighted by atomic mass is 16.5. The van der Waals surface area contributed by atoms with Gasteiger partial charge in [0.05, 0.1) is 11.7 Å². The first-order chi connectivity index (χ1) is 16.6. The van der Waals surface area contributed by atoms with Crippen molar-refractivity contribution in [2.75, 3.05) is 18.4 Å². The van der Waals surface area contributed by atoms with Crippen LogP contribution in [-0.4, -0.2) is 38.7 Å². The molecule has 0 radical (unpaired) electrons. The number of para-hydroxylation sites is 1. The predicted octanol–water partition coefficient (Wildman–Crippen LogP) is 4.34. The van der Waals surface area contributed by atoms with Crippen LogP contribution < -0.4 is 15.4 Å². The topological polar surface area (TPSA) is 92.2 Å². The van der Waals surface area contributed by atoms with E-state index in [-0.39, 0.29) is 0 Å². The molecule has 34 heavy (non-hydrogen) atoms. The van der Waals surface area contributed by atoms with Gasteiger partial charge in [0.25, 0.3) is 0 Å². The maximum absolute atomic E-state index is 10.7. The van der Waals surface area contributed by atoms with Crippen LogP contribution in [0.15, 0.2) is 67.0 Å². The smallest absolute Gasteiger partial charge is 0.207 e. The molecule has 7 heteroatoms. The van der Waals surface area contributed by atoms with E-state index in [2.05, 4.69) is 37.4 Å². The average Bonchev–Trinajstić information content (AvgIpc) is 2.86. The number of hydrogen-bond donors (Lipinski definition) is 3. The van der Waals surface area contributed by atoms with E-state index in [9.17, 15) is 5.11 Å². The van der Waals surface area contributed by atoms with Crippen molar-refractivity contribution in [3.05, 3.63) is 78.4 Å². The number of pyridine rings is 1. The largest absolute Gasteiger partial charge is 0.455 e. The van der Waals surface area contributed by atoms with Crippen molar-refractivity contribution in [2.24, 2.45) is 0 Å². The highest BCUT2D eigenvalue weighted by Gasteiger charge is 2.26. The number of anilines is 2. The van der Waals surface area contributed by atoms with Gasteiger partial charge in [-0.1, -0.05) is 18.1 Å². The fourth-order valence-corrected chi connectivity index (χ4v) is 3.91. The monoisotopic (exact) mass is 451 g/mol. The molecule has 1 unspecified atom stereocenters. The molecule has 3 heterocycles. The van der Waals surface area contributed by atoms with Gasteiger partial charge in [0.15, 0.2) is 0 Å². The summed E-state index contributed by atoms with van der Waals surface area (Å²) in [5.41, 5.74) is 1.57. The van der Waals surface area contributed by atoms with Gasteiger partial charge >= 0.3 is 0 Å². The first kappa shape index (κ1) is 21.8. The molecule has 1 atom stereocenters. The molecule has 170 valence electrons. The zero-order valence-electron chi connectivity index (χ0n) is 18.9. The van der Waals surface area contributed by atoms with Crippen molar-refractivity contribution in [3.63, 3.8) is 0 Å². The minimum atomic E-state index is -1.05. The number of aliphatic hydroxyl groups is 1. The summed E-state index contributed by atoms with van der Waals surface area (Å²) in [5.74, 6) is 8.44. The third kappa shape index (κ3) is 4.99. The molecule has 5 rings (SSSR count). The van der Waals surface area contributed by atoms with Crippen molar-refractivity contribution in [1.82, 2.24) is 20.3 Å². The van der Waals surface area contributed by atoms with Gasteiger partial charge < -0.3 is 20.5 Å². The van der Waals surface area contributed by atoms with Crippen LogP contribution in [0.5, 0.6) is 11.5 Å². The van der Waals surface area contributed by atoms with E-state index in [0.717, 1.165) is 40.9 Å². The Morgan fingerprint density at radius 3 is 2.82 bits per heavy atom. The molecule has 0 bridgehead atoms. The van der Waals surface area contributed by atoms with Gasteiger partial charge in [0.1, 0.15) is 22.9 Å². The van der Waals surface area contributed by atoms with Gasteiger partial charge in [-0.3, -0.25) is 4.98 Å². The summed E-state index contributed by atoms with van der Waals surface area (Å²) in [6, 6.07) is 17.4. The number of benzene rings is 2. The number of hydrogen-bond acceptors (Lipinski definition) is 7. The molecule has 1 fully saturated rings. The quantitative estimate of drug-likeness (QED) is 0.398. The van der Waals surface area contributed by atoms with Crippen molar-refractivity contribution in [2.45, 2.75) is 25.4 Å². The lowest BCUT2D eigenvalue weighted by atomic mass is 9.95. The van der Waals surface area contributed by atoms with Crippen LogP contribution in [0.25, 0.3) is 10.9 Å². The van der Waals surface area contributed by atoms with Crippen LogP contribution in [0.1, 0.15) is 24.2 Å². The lowest BCUT2D eigenvalue weighted by Gasteiger charge is -2.27. The highest BCUT2D eigenvalue weighted by Crippen LogP contribution is 2.29. The van der Waals surface area contributed by atoms with Crippen LogP contribution >= 0.6 is 0 Å². The summed E-state index contributed by atoms with van der Waals surface area (Å²) in [5, 5.41) is 18.2. The second-order valence-corrected chi connectivity index (χ2v) is 8.37. The molecular formula is C27H25N5O2. The Kier molecular flexibility index (Phi) is 6.09. The number of ether oxygens (including phenoxy) is 1. The summed E-state index contributed by atoms with van der Waals surface area (Å²) < 4.78 is 5.94. The third-order valence-corrected chi connectivity index (χ3v) is 5.67. The Morgan fingerprint density at radius 2 is 2.03 bits per heavy atom. The lowest BCUT2D eigenvalue weighted by molar-refractivity contribution is 0.0736. The fourth-order valence-electron chi connectivity index (χ4n) is 3.91. The first-order valence-corrected chi connectivity index (χ1v) is 11.3. The summed E-state index contributed by atoms with van der Waals surface area (Å²) in [6.45, 7) is 3.34. The molecule has 3 N–H and O–H groups in total. The zero-order chi connectivity index (χ0) is 23.4. The second kappa shape index (κ2) is 9.48. The van der Waals surface area contributed by atoms with Crippen molar-refractivity contribution >= 4 is 22.4 Å². The third-order valence-electron chi connectivity index (χ3n) is 5.67. The molecule has 0 aliphatic carbocycles. The van der Waals surface area contributed by atoms with E-state index in [1.807, 2.05) is 61.5 Å². The molecular weight excluding hydrogens is 426 g/mol. The summed E-state index contributed by atoms with van der Waals surface area (Å²) >= 11 is 0. The van der Waals surface area contributed by atoms with Crippen LogP contribution in [0.3, 0.4) is 0 Å². The van der Waals surface area contributed by atoms with Gasteiger partial charge in [-0.05, 0) is 80.3 Å². The molecule has 1 saturated heterocycles. The minimum absolute atomic E-state index is 0.369. The number of nitrogens with one attached hydrogen (secondary N) is 2. The molecule has 1 aliphatic rings. The Balaban J connectivity index is 1.44. The van der Waals surface area contributed by atoms with Gasteiger partial charge in [-0.2, -0.15) is 0 Å². The molecule has 2 aromatic carbocycles. The first-order valence-electron chi connectivity index (χ1n) is 11.3. The Bertz CT molecular complexity index is 1370. The van der Waals surface area contributed by atoms with E-state index < -0.39 is 5.60 Å². The summed E-state index contributed by atoms with van der Waals surface area (Å²) in [7, 11) is 0. The molecule has 0 spiro atoms. The number of fused-ring (bicyclic) bond motifs is 1. The molecule has 1 aliphatic heterocycles. The Hall–Kier alpha value is -3.99. The number of aromatic nitrogens is 3. The van der Waals surface area contributed by atoms with E-state index in [4.69, 9.17) is 4.74 Å². The minimum Gasteiger partial charge on any atom is -0.455 e. The maximum atomic E-state index is 10.7. The predicted molar refractivity (Wildman–Crippen MR) is 132 cm³/mol. The van der Waals surface area contributed by atoms with Crippen LogP contribution in [0.4, 0.5) is 11.5 Å². The van der Waals surface area contributed by atoms with E-state index in [1.165, 1.54) is 0 Å². The number of β-amino-alcohol motifs (C(OH)–C–C–N with tert-alkyl or cyclic N) is 1. The Morgan fingerprint density at radius 1 is 1.12 bits per heavy atom. The zero-order valence-corrected chi connectivity index (χ0v) is 18.9. The van der Waals surface area contributed by atoms with Crippen LogP contribution in [0.2, 0.25) is 0 Å². The number of rotatable bonds is 4. The molecule has 0 saturated carbocycles. The van der Waals surface area contributed by atoms with Crippen molar-refractivity contribution < 1.29 is 9.84 Å². The molecule has 4 aromatic rings. The Labute approximate surface area is 198 Å². The summed E-state index contributed by atoms with van der Waals surface area (Å²) in [4.78, 5) is 13.3. The van der Waals surface area contributed by atoms with E-state index in [1.54, 1.807) is 12.4 Å². The van der Waals surface area contributed by atoms with Gasteiger partial charge in [0.2, 0.25) is 5.82 Å². The van der Waals surface area contributed by atoms with E-state index in [0.29, 0.717) is 30.4 Å². The normalized spacial score (nSPS) is 17.6. The summed E-state index contributed by atoms with van der Waals surface area (Å²) in [6.07, 6.45) is 4.92. The number of nitrogens with zero attached hydrogens (tertiary/aromatic N) is 3. The average molecular weight is 452 g/mol. The molecule has 7 nitrogen and oxygen atoms in total. The van der Waals surface area contributed by atoms with Crippen molar-refractivity contribution in [3.8, 4) is 23.3 Å². The number of piperidine rings is 1. The lowest BCUT2D eigenvalue weighted by Crippen LogP contribution is -2.44. The van der Waals surface area contributed by atoms with Gasteiger partial charge in [0, 0.05) is 23.8 Å². The van der Waals surface area contributed by atoms with Gasteiger partial charge in [-0.25, -0.2) is 9.97 Å². The van der Waals surface area contributed by atoms with Crippen LogP contribution in [0, 0.1) is 18.8 Å². The van der Waals surface area contributed by atoms with Crippen LogP contribution in [-0.2, 0) is 0 Å². The molecule has 0 amide bonds. The second-order valence-electron chi connectivity index (χ2n) is 8.37. The number of aryl methyl sites for hydroxylation is 1. The molecule has 2 aromatic heterocycles. The standard InChI is InChI=1S/C27H25N5O2/c1-19-16-20(9-10-24(19)34-21-6-4-14-28-17-21)30-26-22-7-2-3-8-23(22)31-25(32-26)11-13-27(33)12-5-15-29-18-27/h2-4,6-10,14,16-17,29,33H,5,12,15,18H2,1H3,(H,30,31,32). The van der Waals surface area contributed by atoms with E-state index >= 15 is 0 Å². The fraction of sp³-hybridized carbons (Fsp3) is 0.222. The SMILES string of the molecule is Cc1cc(Nc2nc(C#CC3(O)CCCNC3)nc3ccccc23)ccc1Oc1cccnc1.